The van der Waals surface area contributed by atoms with Gasteiger partial charge in [-0.1, -0.05) is 24.3 Å². The number of fused-ring (bicyclic) bond motifs is 1. The van der Waals surface area contributed by atoms with Crippen LogP contribution in [-0.4, -0.2) is 18.2 Å². The quantitative estimate of drug-likeness (QED) is 0.510. The molecule has 1 aromatic heterocycles. The number of hydrogen-bond acceptors (Lipinski definition) is 3. The smallest absolute Gasteiger partial charge is 0.371 e. The molecule has 0 aliphatic heterocycles. The van der Waals surface area contributed by atoms with Crippen molar-refractivity contribution in [2.75, 3.05) is 7.11 Å². The Bertz CT molecular complexity index is 587. The minimum atomic E-state index is -1.10. The van der Waals surface area contributed by atoms with Crippen LogP contribution in [0.15, 0.2) is 52.7 Å². The van der Waals surface area contributed by atoms with Crippen LogP contribution in [-0.2, 0) is 9.53 Å². The molecular formula is C14H12O4. The van der Waals surface area contributed by atoms with E-state index in [2.05, 4.69) is 4.74 Å². The first kappa shape index (κ1) is 12.0. The van der Waals surface area contributed by atoms with E-state index in [0.29, 0.717) is 5.76 Å². The number of ether oxygens (including phenoxy) is 1. The molecule has 4 nitrogen and oxygen atoms in total. The second kappa shape index (κ2) is 5.23. The number of para-hydroxylation sites is 1. The normalized spacial score (nSPS) is 12.2. The lowest BCUT2D eigenvalue weighted by molar-refractivity contribution is -0.136. The van der Waals surface area contributed by atoms with E-state index in [0.717, 1.165) is 11.0 Å². The highest BCUT2D eigenvalue weighted by molar-refractivity contribution is 5.85. The molecule has 0 amide bonds. The van der Waals surface area contributed by atoms with Crippen LogP contribution in [0.4, 0.5) is 0 Å². The van der Waals surface area contributed by atoms with Crippen molar-refractivity contribution in [1.82, 2.24) is 0 Å². The zero-order valence-electron chi connectivity index (χ0n) is 9.79. The summed E-state index contributed by atoms with van der Waals surface area (Å²) in [5, 5.41) is 9.74. The van der Waals surface area contributed by atoms with Gasteiger partial charge in [0, 0.05) is 5.39 Å². The Labute approximate surface area is 104 Å². The fourth-order valence-corrected chi connectivity index (χ4v) is 1.54. The van der Waals surface area contributed by atoms with Gasteiger partial charge in [0.1, 0.15) is 11.3 Å². The summed E-state index contributed by atoms with van der Waals surface area (Å²) in [7, 11) is 1.31. The van der Waals surface area contributed by atoms with Crippen molar-refractivity contribution in [2.24, 2.45) is 0 Å². The average Bonchev–Trinajstić information content (AvgIpc) is 2.76. The molecule has 1 heterocycles. The van der Waals surface area contributed by atoms with Crippen LogP contribution in [0, 0.1) is 0 Å². The highest BCUT2D eigenvalue weighted by Gasteiger charge is 2.04. The van der Waals surface area contributed by atoms with E-state index in [9.17, 15) is 4.79 Å². The summed E-state index contributed by atoms with van der Waals surface area (Å²) in [4.78, 5) is 10.7. The zero-order valence-corrected chi connectivity index (χ0v) is 9.79. The number of hydrogen-bond donors (Lipinski definition) is 1. The molecule has 4 heteroatoms. The summed E-state index contributed by atoms with van der Waals surface area (Å²) < 4.78 is 10.2. The van der Waals surface area contributed by atoms with E-state index in [1.165, 1.54) is 13.2 Å². The maximum Gasteiger partial charge on any atom is 0.371 e. The molecule has 0 fully saturated rings. The first-order valence-electron chi connectivity index (χ1n) is 5.35. The van der Waals surface area contributed by atoms with E-state index in [-0.39, 0.29) is 5.76 Å². The van der Waals surface area contributed by atoms with Crippen LogP contribution < -0.4 is 0 Å². The number of rotatable bonds is 4. The molecule has 0 aliphatic carbocycles. The standard InChI is InChI=1S/C14H12O4/c1-17-13(14(15)16)8-4-6-11-9-10-5-2-3-7-12(10)18-11/h2-9H,1H3,(H,15,16)/b6-4+,13-8+. The number of allylic oxidation sites excluding steroid dienone is 2. The lowest BCUT2D eigenvalue weighted by atomic mass is 10.2. The molecule has 92 valence electrons. The van der Waals surface area contributed by atoms with Crippen LogP contribution in [0.2, 0.25) is 0 Å². The molecule has 1 aromatic carbocycles. The number of furan rings is 1. The SMILES string of the molecule is CO/C(=C/C=C/c1cc2ccccc2o1)C(=O)O. The average molecular weight is 244 g/mol. The van der Waals surface area contributed by atoms with Crippen LogP contribution in [0.3, 0.4) is 0 Å². The number of methoxy groups -OCH3 is 1. The fourth-order valence-electron chi connectivity index (χ4n) is 1.54. The van der Waals surface area contributed by atoms with Gasteiger partial charge in [-0.2, -0.15) is 0 Å². The predicted octanol–water partition coefficient (Wildman–Crippen LogP) is 3.06. The minimum Gasteiger partial charge on any atom is -0.490 e. The van der Waals surface area contributed by atoms with Gasteiger partial charge in [-0.25, -0.2) is 4.79 Å². The molecule has 0 spiro atoms. The summed E-state index contributed by atoms with van der Waals surface area (Å²) in [5.41, 5.74) is 0.798. The van der Waals surface area contributed by atoms with Crippen molar-refractivity contribution in [3.05, 3.63) is 54.0 Å². The predicted molar refractivity (Wildman–Crippen MR) is 68.0 cm³/mol. The van der Waals surface area contributed by atoms with Crippen molar-refractivity contribution in [1.29, 1.82) is 0 Å². The Morgan fingerprint density at radius 1 is 1.39 bits per heavy atom. The molecule has 0 unspecified atom stereocenters. The Morgan fingerprint density at radius 3 is 2.83 bits per heavy atom. The Hall–Kier alpha value is -2.49. The maximum atomic E-state index is 10.7. The van der Waals surface area contributed by atoms with Gasteiger partial charge in [-0.3, -0.25) is 0 Å². The molecule has 2 rings (SSSR count). The summed E-state index contributed by atoms with van der Waals surface area (Å²) >= 11 is 0. The Morgan fingerprint density at radius 2 is 2.17 bits per heavy atom. The maximum absolute atomic E-state index is 10.7. The zero-order chi connectivity index (χ0) is 13.0. The molecule has 2 aromatic rings. The lowest BCUT2D eigenvalue weighted by Gasteiger charge is -1.96. The minimum absolute atomic E-state index is 0.123. The Balaban J connectivity index is 2.20. The highest BCUT2D eigenvalue weighted by atomic mass is 16.5. The topological polar surface area (TPSA) is 59.7 Å². The molecule has 0 saturated carbocycles. The van der Waals surface area contributed by atoms with Crippen molar-refractivity contribution < 1.29 is 19.1 Å². The second-order valence-electron chi connectivity index (χ2n) is 3.59. The van der Waals surface area contributed by atoms with Crippen LogP contribution in [0.25, 0.3) is 17.0 Å². The molecule has 1 N–H and O–H groups in total. The van der Waals surface area contributed by atoms with Gasteiger partial charge in [0.25, 0.3) is 0 Å². The van der Waals surface area contributed by atoms with Gasteiger partial charge in [0.2, 0.25) is 5.76 Å². The first-order chi connectivity index (χ1) is 8.70. The molecule has 0 saturated heterocycles. The molecule has 18 heavy (non-hydrogen) atoms. The van der Waals surface area contributed by atoms with Gasteiger partial charge in [-0.05, 0) is 24.3 Å². The van der Waals surface area contributed by atoms with Gasteiger partial charge in [0.15, 0.2) is 0 Å². The van der Waals surface area contributed by atoms with Crippen LogP contribution in [0.1, 0.15) is 5.76 Å². The summed E-state index contributed by atoms with van der Waals surface area (Å²) in [5.74, 6) is -0.567. The van der Waals surface area contributed by atoms with E-state index >= 15 is 0 Å². The van der Waals surface area contributed by atoms with Gasteiger partial charge >= 0.3 is 5.97 Å². The lowest BCUT2D eigenvalue weighted by Crippen LogP contribution is -2.01. The summed E-state index contributed by atoms with van der Waals surface area (Å²) in [6, 6.07) is 9.53. The Kier molecular flexibility index (Phi) is 3.48. The van der Waals surface area contributed by atoms with E-state index in [1.54, 1.807) is 12.2 Å². The van der Waals surface area contributed by atoms with Gasteiger partial charge in [-0.15, -0.1) is 0 Å². The highest BCUT2D eigenvalue weighted by Crippen LogP contribution is 2.19. The molecular weight excluding hydrogens is 232 g/mol. The molecule has 0 radical (unpaired) electrons. The van der Waals surface area contributed by atoms with Crippen molar-refractivity contribution >= 4 is 23.0 Å². The fraction of sp³-hybridized carbons (Fsp3) is 0.0714. The monoisotopic (exact) mass is 244 g/mol. The van der Waals surface area contributed by atoms with Crippen LogP contribution >= 0.6 is 0 Å². The summed E-state index contributed by atoms with van der Waals surface area (Å²) in [6.07, 6.45) is 4.63. The molecule has 0 bridgehead atoms. The van der Waals surface area contributed by atoms with Gasteiger partial charge in [0.05, 0.1) is 7.11 Å². The first-order valence-corrected chi connectivity index (χ1v) is 5.35. The van der Waals surface area contributed by atoms with Crippen molar-refractivity contribution in [3.63, 3.8) is 0 Å². The number of carbonyl (C=O) groups is 1. The second-order valence-corrected chi connectivity index (χ2v) is 3.59. The number of aliphatic carboxylic acids is 1. The summed E-state index contributed by atoms with van der Waals surface area (Å²) in [6.45, 7) is 0. The molecule has 0 atom stereocenters. The third kappa shape index (κ3) is 2.60. The largest absolute Gasteiger partial charge is 0.490 e. The van der Waals surface area contributed by atoms with Crippen LogP contribution in [0.5, 0.6) is 0 Å². The van der Waals surface area contributed by atoms with Crippen molar-refractivity contribution in [2.45, 2.75) is 0 Å². The van der Waals surface area contributed by atoms with E-state index < -0.39 is 5.97 Å². The van der Waals surface area contributed by atoms with Gasteiger partial charge < -0.3 is 14.3 Å². The van der Waals surface area contributed by atoms with E-state index in [1.807, 2.05) is 30.3 Å². The third-order valence-electron chi connectivity index (χ3n) is 2.38. The number of benzene rings is 1. The number of carboxylic acids is 1. The van der Waals surface area contributed by atoms with E-state index in [4.69, 9.17) is 9.52 Å². The molecule has 0 aliphatic rings. The van der Waals surface area contributed by atoms with Crippen molar-refractivity contribution in [3.8, 4) is 0 Å². The number of carboxylic acid groups (broad SMARTS) is 1. The third-order valence-corrected chi connectivity index (χ3v) is 2.38.